The van der Waals surface area contributed by atoms with E-state index in [1.54, 1.807) is 14.1 Å². The molecule has 0 heterocycles. The maximum atomic E-state index is 11.2. The number of rotatable bonds is 2. The predicted octanol–water partition coefficient (Wildman–Crippen LogP) is 2.45. The fourth-order valence-corrected chi connectivity index (χ4v) is 1.05. The molecule has 0 unspecified atom stereocenters. The highest BCUT2D eigenvalue weighted by atomic mass is 16.6. The van der Waals surface area contributed by atoms with Crippen LogP contribution in [0.3, 0.4) is 0 Å². The Morgan fingerprint density at radius 3 is 2.36 bits per heavy atom. The van der Waals surface area contributed by atoms with Gasteiger partial charge < -0.3 is 9.64 Å². The molecule has 0 spiro atoms. The van der Waals surface area contributed by atoms with Crippen molar-refractivity contribution in [3.63, 3.8) is 0 Å². The molecule has 0 aliphatic rings. The van der Waals surface area contributed by atoms with Crippen LogP contribution < -0.4 is 0 Å². The van der Waals surface area contributed by atoms with Crippen molar-refractivity contribution in [2.24, 2.45) is 0 Å². The monoisotopic (exact) mass is 193 g/mol. The molecular weight excluding hydrogens is 178 g/mol. The molecule has 1 rings (SSSR count). The smallest absolute Gasteiger partial charge is 0.409 e. The van der Waals surface area contributed by atoms with Gasteiger partial charge in [0.1, 0.15) is 6.10 Å². The minimum Gasteiger partial charge on any atom is -0.442 e. The van der Waals surface area contributed by atoms with Crippen molar-refractivity contribution >= 4 is 6.09 Å². The summed E-state index contributed by atoms with van der Waals surface area (Å²) in [5.41, 5.74) is 1.00. The van der Waals surface area contributed by atoms with Gasteiger partial charge in [-0.1, -0.05) is 30.3 Å². The van der Waals surface area contributed by atoms with Crippen molar-refractivity contribution in [2.45, 2.75) is 13.0 Å². The average Bonchev–Trinajstić information content (AvgIpc) is 2.19. The Labute approximate surface area is 84.3 Å². The molecule has 0 radical (unpaired) electrons. The Balaban J connectivity index is 2.59. The van der Waals surface area contributed by atoms with Gasteiger partial charge in [0.25, 0.3) is 0 Å². The SMILES string of the molecule is C[C@H](OC(=O)N(C)C)c1ccccc1. The van der Waals surface area contributed by atoms with Gasteiger partial charge in [-0.3, -0.25) is 0 Å². The second-order valence-electron chi connectivity index (χ2n) is 3.33. The van der Waals surface area contributed by atoms with Crippen molar-refractivity contribution in [1.29, 1.82) is 0 Å². The lowest BCUT2D eigenvalue weighted by atomic mass is 10.1. The lowest BCUT2D eigenvalue weighted by Crippen LogP contribution is -2.23. The molecule has 3 heteroatoms. The Bertz CT molecular complexity index is 295. The number of hydrogen-bond donors (Lipinski definition) is 0. The third kappa shape index (κ3) is 2.76. The zero-order valence-corrected chi connectivity index (χ0v) is 8.73. The van der Waals surface area contributed by atoms with E-state index >= 15 is 0 Å². The molecular formula is C11H15NO2. The van der Waals surface area contributed by atoms with Crippen molar-refractivity contribution in [3.8, 4) is 0 Å². The molecule has 0 saturated heterocycles. The summed E-state index contributed by atoms with van der Waals surface area (Å²) < 4.78 is 5.18. The molecule has 1 aromatic rings. The molecule has 0 aliphatic heterocycles. The summed E-state index contributed by atoms with van der Waals surface area (Å²) >= 11 is 0. The van der Waals surface area contributed by atoms with Gasteiger partial charge in [-0.15, -0.1) is 0 Å². The molecule has 0 aromatic heterocycles. The molecule has 0 saturated carbocycles. The number of amides is 1. The molecule has 3 nitrogen and oxygen atoms in total. The van der Waals surface area contributed by atoms with Gasteiger partial charge in [-0.25, -0.2) is 4.79 Å². The van der Waals surface area contributed by atoms with Crippen molar-refractivity contribution in [2.75, 3.05) is 14.1 Å². The van der Waals surface area contributed by atoms with E-state index in [0.29, 0.717) is 0 Å². The second-order valence-corrected chi connectivity index (χ2v) is 3.33. The van der Waals surface area contributed by atoms with Crippen molar-refractivity contribution in [3.05, 3.63) is 35.9 Å². The quantitative estimate of drug-likeness (QED) is 0.722. The van der Waals surface area contributed by atoms with Crippen LogP contribution in [-0.4, -0.2) is 25.1 Å². The summed E-state index contributed by atoms with van der Waals surface area (Å²) in [4.78, 5) is 12.6. The third-order valence-corrected chi connectivity index (χ3v) is 1.91. The Kier molecular flexibility index (Phi) is 3.51. The van der Waals surface area contributed by atoms with E-state index in [1.807, 2.05) is 37.3 Å². The van der Waals surface area contributed by atoms with E-state index in [4.69, 9.17) is 4.74 Å². The highest BCUT2D eigenvalue weighted by Gasteiger charge is 2.11. The molecule has 0 bridgehead atoms. The Morgan fingerprint density at radius 2 is 1.86 bits per heavy atom. The Hall–Kier alpha value is -1.51. The number of carbonyl (C=O) groups is 1. The lowest BCUT2D eigenvalue weighted by molar-refractivity contribution is 0.0826. The number of benzene rings is 1. The van der Waals surface area contributed by atoms with Crippen LogP contribution in [0.1, 0.15) is 18.6 Å². The molecule has 76 valence electrons. The van der Waals surface area contributed by atoms with Crippen molar-refractivity contribution in [1.82, 2.24) is 4.90 Å². The first-order valence-electron chi connectivity index (χ1n) is 4.54. The number of nitrogens with zero attached hydrogens (tertiary/aromatic N) is 1. The fraction of sp³-hybridized carbons (Fsp3) is 0.364. The van der Waals surface area contributed by atoms with Gasteiger partial charge in [0, 0.05) is 14.1 Å². The highest BCUT2D eigenvalue weighted by Crippen LogP contribution is 2.16. The van der Waals surface area contributed by atoms with Crippen LogP contribution in [0.4, 0.5) is 4.79 Å². The van der Waals surface area contributed by atoms with Crippen LogP contribution in [0.15, 0.2) is 30.3 Å². The van der Waals surface area contributed by atoms with E-state index in [2.05, 4.69) is 0 Å². The van der Waals surface area contributed by atoms with Crippen molar-refractivity contribution < 1.29 is 9.53 Å². The van der Waals surface area contributed by atoms with Gasteiger partial charge in [-0.2, -0.15) is 0 Å². The zero-order valence-electron chi connectivity index (χ0n) is 8.73. The molecule has 1 amide bonds. The van der Waals surface area contributed by atoms with Crippen LogP contribution in [0.2, 0.25) is 0 Å². The summed E-state index contributed by atoms with van der Waals surface area (Å²) in [7, 11) is 3.33. The van der Waals surface area contributed by atoms with E-state index < -0.39 is 0 Å². The first-order chi connectivity index (χ1) is 6.61. The molecule has 0 N–H and O–H groups in total. The topological polar surface area (TPSA) is 29.5 Å². The largest absolute Gasteiger partial charge is 0.442 e. The van der Waals surface area contributed by atoms with E-state index in [0.717, 1.165) is 5.56 Å². The summed E-state index contributed by atoms with van der Waals surface area (Å²) in [6.45, 7) is 1.86. The summed E-state index contributed by atoms with van der Waals surface area (Å²) in [5, 5.41) is 0. The van der Waals surface area contributed by atoms with Gasteiger partial charge in [0.15, 0.2) is 0 Å². The van der Waals surface area contributed by atoms with Crippen LogP contribution in [0.25, 0.3) is 0 Å². The number of hydrogen-bond acceptors (Lipinski definition) is 2. The Morgan fingerprint density at radius 1 is 1.29 bits per heavy atom. The van der Waals surface area contributed by atoms with Gasteiger partial charge in [0.2, 0.25) is 0 Å². The average molecular weight is 193 g/mol. The van der Waals surface area contributed by atoms with Crippen LogP contribution in [-0.2, 0) is 4.74 Å². The van der Waals surface area contributed by atoms with Gasteiger partial charge in [-0.05, 0) is 12.5 Å². The van der Waals surface area contributed by atoms with Gasteiger partial charge >= 0.3 is 6.09 Å². The third-order valence-electron chi connectivity index (χ3n) is 1.91. The first-order valence-corrected chi connectivity index (χ1v) is 4.54. The van der Waals surface area contributed by atoms with E-state index in [1.165, 1.54) is 4.90 Å². The van der Waals surface area contributed by atoms with Gasteiger partial charge in [0.05, 0.1) is 0 Å². The standard InChI is InChI=1S/C11H15NO2/c1-9(14-11(13)12(2)3)10-7-5-4-6-8-10/h4-9H,1-3H3/t9-/m0/s1. The minimum absolute atomic E-state index is 0.203. The van der Waals surface area contributed by atoms with Crippen LogP contribution in [0.5, 0.6) is 0 Å². The molecule has 1 aromatic carbocycles. The second kappa shape index (κ2) is 4.65. The maximum Gasteiger partial charge on any atom is 0.409 e. The minimum atomic E-state index is -0.318. The number of ether oxygens (including phenoxy) is 1. The summed E-state index contributed by atoms with van der Waals surface area (Å²) in [6, 6.07) is 9.66. The molecule has 0 fully saturated rings. The molecule has 0 aliphatic carbocycles. The van der Waals surface area contributed by atoms with Crippen LogP contribution >= 0.6 is 0 Å². The van der Waals surface area contributed by atoms with Crippen LogP contribution in [0, 0.1) is 0 Å². The fourth-order valence-electron chi connectivity index (χ4n) is 1.05. The lowest BCUT2D eigenvalue weighted by Gasteiger charge is -2.16. The van der Waals surface area contributed by atoms with E-state index in [-0.39, 0.29) is 12.2 Å². The number of carbonyl (C=O) groups excluding carboxylic acids is 1. The predicted molar refractivity (Wildman–Crippen MR) is 55.0 cm³/mol. The zero-order chi connectivity index (χ0) is 10.6. The normalized spacial score (nSPS) is 11.9. The molecule has 1 atom stereocenters. The molecule has 14 heavy (non-hydrogen) atoms. The summed E-state index contributed by atoms with van der Waals surface area (Å²) in [5.74, 6) is 0. The first kappa shape index (κ1) is 10.6. The summed E-state index contributed by atoms with van der Waals surface area (Å²) in [6.07, 6.45) is -0.521. The highest BCUT2D eigenvalue weighted by molar-refractivity contribution is 5.67. The maximum absolute atomic E-state index is 11.2. The van der Waals surface area contributed by atoms with E-state index in [9.17, 15) is 4.79 Å².